The number of nitrogens with zero attached hydrogens (tertiary/aromatic N) is 4. The first-order valence-corrected chi connectivity index (χ1v) is 11.5. The average molecular weight is 451 g/mol. The van der Waals surface area contributed by atoms with Gasteiger partial charge < -0.3 is 0 Å². The summed E-state index contributed by atoms with van der Waals surface area (Å²) in [4.78, 5) is 26.0. The van der Waals surface area contributed by atoms with Crippen LogP contribution >= 0.6 is 0 Å². The van der Waals surface area contributed by atoms with Crippen LogP contribution in [0.2, 0.25) is 0 Å². The van der Waals surface area contributed by atoms with E-state index in [1.807, 2.05) is 98.8 Å². The number of amides is 2. The van der Waals surface area contributed by atoms with Gasteiger partial charge in [-0.2, -0.15) is 10.2 Å². The minimum Gasteiger partial charge on any atom is -0.272 e. The van der Waals surface area contributed by atoms with Gasteiger partial charge in [-0.15, -0.1) is 0 Å². The van der Waals surface area contributed by atoms with Crippen LogP contribution in [0.1, 0.15) is 25.0 Å². The Labute approximate surface area is 199 Å². The molecule has 0 saturated carbocycles. The molecule has 0 radical (unpaired) electrons. The first kappa shape index (κ1) is 21.8. The highest BCUT2D eigenvalue weighted by Crippen LogP contribution is 2.28. The summed E-state index contributed by atoms with van der Waals surface area (Å²) in [6.07, 6.45) is 1.20. The zero-order valence-electron chi connectivity index (χ0n) is 19.3. The largest absolute Gasteiger partial charge is 0.272 e. The molecule has 0 N–H and O–H groups in total. The second-order valence-corrected chi connectivity index (χ2v) is 8.78. The summed E-state index contributed by atoms with van der Waals surface area (Å²) in [5, 5.41) is 12.0. The molecule has 0 fully saturated rings. The molecule has 2 amide bonds. The van der Waals surface area contributed by atoms with E-state index in [0.717, 1.165) is 33.9 Å². The van der Waals surface area contributed by atoms with Crippen LogP contribution in [0.25, 0.3) is 0 Å². The standard InChI is InChI=1S/C28H26N4O2/c1-19-25(27(33)31(29-19)23-9-5-3-6-10-23)17-21-13-15-22(16-14-21)18-26-20(2)30-32(28(26)34)24-11-7-4-8-12-24/h3-16,25-26H,17-18H2,1-2H3/t25-,26-/m1/s1. The summed E-state index contributed by atoms with van der Waals surface area (Å²) in [7, 11) is 0. The number of anilines is 2. The van der Waals surface area contributed by atoms with Crippen LogP contribution in [-0.4, -0.2) is 23.2 Å². The zero-order valence-corrected chi connectivity index (χ0v) is 19.3. The smallest absolute Gasteiger partial charge is 0.256 e. The third kappa shape index (κ3) is 4.15. The Kier molecular flexibility index (Phi) is 5.80. The maximum absolute atomic E-state index is 13.0. The van der Waals surface area contributed by atoms with Crippen molar-refractivity contribution in [3.05, 3.63) is 96.1 Å². The van der Waals surface area contributed by atoms with E-state index in [1.54, 1.807) is 0 Å². The van der Waals surface area contributed by atoms with Gasteiger partial charge in [0.05, 0.1) is 23.2 Å². The van der Waals surface area contributed by atoms with Gasteiger partial charge in [0.2, 0.25) is 0 Å². The third-order valence-electron chi connectivity index (χ3n) is 6.44. The van der Waals surface area contributed by atoms with Gasteiger partial charge in [-0.05, 0) is 62.1 Å². The number of rotatable bonds is 6. The van der Waals surface area contributed by atoms with Crippen LogP contribution in [-0.2, 0) is 22.4 Å². The van der Waals surface area contributed by atoms with Crippen molar-refractivity contribution < 1.29 is 9.59 Å². The van der Waals surface area contributed by atoms with Crippen LogP contribution in [0, 0.1) is 11.8 Å². The molecule has 34 heavy (non-hydrogen) atoms. The molecule has 5 rings (SSSR count). The Morgan fingerprint density at radius 1 is 0.588 bits per heavy atom. The van der Waals surface area contributed by atoms with Crippen molar-refractivity contribution in [1.82, 2.24) is 0 Å². The summed E-state index contributed by atoms with van der Waals surface area (Å²) in [5.41, 5.74) is 5.35. The van der Waals surface area contributed by atoms with E-state index in [-0.39, 0.29) is 23.7 Å². The molecule has 2 heterocycles. The number of hydrogen-bond acceptors (Lipinski definition) is 4. The lowest BCUT2D eigenvalue weighted by atomic mass is 9.92. The van der Waals surface area contributed by atoms with Gasteiger partial charge in [-0.25, -0.2) is 10.0 Å². The SMILES string of the molecule is CC1=NN(c2ccccc2)C(=O)[C@@H]1Cc1ccc(C[C@H]2C(=O)N(c3ccccc3)N=C2C)cc1. The van der Waals surface area contributed by atoms with Crippen molar-refractivity contribution in [2.24, 2.45) is 22.0 Å². The molecule has 2 aliphatic rings. The topological polar surface area (TPSA) is 65.3 Å². The fourth-order valence-corrected chi connectivity index (χ4v) is 4.47. The van der Waals surface area contributed by atoms with Crippen molar-refractivity contribution in [2.45, 2.75) is 26.7 Å². The maximum atomic E-state index is 13.0. The van der Waals surface area contributed by atoms with E-state index in [0.29, 0.717) is 12.8 Å². The number of para-hydroxylation sites is 2. The number of hydrogen-bond donors (Lipinski definition) is 0. The van der Waals surface area contributed by atoms with Crippen molar-refractivity contribution in [3.63, 3.8) is 0 Å². The van der Waals surface area contributed by atoms with Gasteiger partial charge in [0.1, 0.15) is 0 Å². The predicted octanol–water partition coefficient (Wildman–Crippen LogP) is 4.85. The van der Waals surface area contributed by atoms with E-state index < -0.39 is 0 Å². The van der Waals surface area contributed by atoms with Crippen molar-refractivity contribution in [2.75, 3.05) is 10.0 Å². The predicted molar refractivity (Wildman–Crippen MR) is 135 cm³/mol. The van der Waals surface area contributed by atoms with Gasteiger partial charge in [-0.3, -0.25) is 9.59 Å². The molecule has 3 aromatic rings. The lowest BCUT2D eigenvalue weighted by Crippen LogP contribution is -2.28. The first-order chi connectivity index (χ1) is 16.5. The van der Waals surface area contributed by atoms with E-state index in [2.05, 4.69) is 10.2 Å². The Hall–Kier alpha value is -4.06. The fourth-order valence-electron chi connectivity index (χ4n) is 4.47. The Morgan fingerprint density at radius 2 is 0.941 bits per heavy atom. The molecule has 0 spiro atoms. The molecule has 0 unspecified atom stereocenters. The number of carbonyl (C=O) groups excluding carboxylic acids is 2. The summed E-state index contributed by atoms with van der Waals surface area (Å²) in [6.45, 7) is 3.82. The summed E-state index contributed by atoms with van der Waals surface area (Å²) in [5.74, 6) is -0.540. The van der Waals surface area contributed by atoms with E-state index in [1.165, 1.54) is 10.0 Å². The Morgan fingerprint density at radius 3 is 1.29 bits per heavy atom. The lowest BCUT2D eigenvalue weighted by molar-refractivity contribution is -0.120. The molecule has 6 nitrogen and oxygen atoms in total. The van der Waals surface area contributed by atoms with Gasteiger partial charge in [0.25, 0.3) is 11.8 Å². The minimum absolute atomic E-state index is 0.00262. The van der Waals surface area contributed by atoms with Gasteiger partial charge in [0.15, 0.2) is 0 Å². The van der Waals surface area contributed by atoms with E-state index in [4.69, 9.17) is 0 Å². The van der Waals surface area contributed by atoms with Crippen LogP contribution in [0.3, 0.4) is 0 Å². The molecule has 6 heteroatoms. The highest BCUT2D eigenvalue weighted by Gasteiger charge is 2.35. The second-order valence-electron chi connectivity index (χ2n) is 8.78. The average Bonchev–Trinajstić information content (AvgIpc) is 3.31. The molecular formula is C28H26N4O2. The normalized spacial score (nSPS) is 20.1. The molecule has 2 aliphatic heterocycles. The Balaban J connectivity index is 1.24. The van der Waals surface area contributed by atoms with Gasteiger partial charge in [0, 0.05) is 11.4 Å². The first-order valence-electron chi connectivity index (χ1n) is 11.5. The quantitative estimate of drug-likeness (QED) is 0.539. The minimum atomic E-state index is -0.267. The summed E-state index contributed by atoms with van der Waals surface area (Å²) >= 11 is 0. The van der Waals surface area contributed by atoms with E-state index in [9.17, 15) is 9.59 Å². The number of hydrazone groups is 2. The van der Waals surface area contributed by atoms with Gasteiger partial charge in [-0.1, -0.05) is 60.7 Å². The summed E-state index contributed by atoms with van der Waals surface area (Å²) in [6, 6.07) is 27.2. The van der Waals surface area contributed by atoms with Gasteiger partial charge >= 0.3 is 0 Å². The van der Waals surface area contributed by atoms with Crippen molar-refractivity contribution >= 4 is 34.6 Å². The molecule has 2 atom stereocenters. The number of carbonyl (C=O) groups is 2. The molecule has 170 valence electrons. The monoisotopic (exact) mass is 450 g/mol. The molecule has 0 bridgehead atoms. The van der Waals surface area contributed by atoms with Crippen LogP contribution in [0.5, 0.6) is 0 Å². The zero-order chi connectivity index (χ0) is 23.7. The highest BCUT2D eigenvalue weighted by atomic mass is 16.2. The highest BCUT2D eigenvalue weighted by molar-refractivity contribution is 6.15. The van der Waals surface area contributed by atoms with Crippen molar-refractivity contribution in [3.8, 4) is 0 Å². The molecule has 3 aromatic carbocycles. The maximum Gasteiger partial charge on any atom is 0.256 e. The van der Waals surface area contributed by atoms with E-state index >= 15 is 0 Å². The van der Waals surface area contributed by atoms with Crippen molar-refractivity contribution in [1.29, 1.82) is 0 Å². The molecular weight excluding hydrogens is 424 g/mol. The lowest BCUT2D eigenvalue weighted by Gasteiger charge is -2.15. The molecule has 0 aromatic heterocycles. The van der Waals surface area contributed by atoms with Crippen LogP contribution in [0.15, 0.2) is 95.1 Å². The van der Waals surface area contributed by atoms with Crippen LogP contribution < -0.4 is 10.0 Å². The molecule has 0 saturated heterocycles. The second kappa shape index (κ2) is 9.06. The third-order valence-corrected chi connectivity index (χ3v) is 6.44. The van der Waals surface area contributed by atoms with Crippen LogP contribution in [0.4, 0.5) is 11.4 Å². The number of benzene rings is 3. The summed E-state index contributed by atoms with van der Waals surface area (Å²) < 4.78 is 0. The fraction of sp³-hybridized carbons (Fsp3) is 0.214. The Bertz CT molecular complexity index is 1170. The molecule has 0 aliphatic carbocycles.